The van der Waals surface area contributed by atoms with Gasteiger partial charge in [0, 0.05) is 10.9 Å². The minimum Gasteiger partial charge on any atom is -0.744 e. The van der Waals surface area contributed by atoms with Crippen LogP contribution in [0, 0.1) is 0 Å². The first kappa shape index (κ1) is 16.1. The van der Waals surface area contributed by atoms with Gasteiger partial charge in [-0.05, 0) is 18.4 Å². The number of rotatable bonds is 2. The summed E-state index contributed by atoms with van der Waals surface area (Å²) in [6, 6.07) is 7.53. The molecule has 0 saturated heterocycles. The zero-order valence-corrected chi connectivity index (χ0v) is 13.3. The van der Waals surface area contributed by atoms with Gasteiger partial charge in [-0.3, -0.25) is 4.79 Å². The van der Waals surface area contributed by atoms with Crippen molar-refractivity contribution in [1.82, 2.24) is 0 Å². The van der Waals surface area contributed by atoms with E-state index in [-0.39, 0.29) is 41.0 Å². The zero-order chi connectivity index (χ0) is 13.5. The van der Waals surface area contributed by atoms with Crippen molar-refractivity contribution in [3.05, 3.63) is 35.9 Å². The van der Waals surface area contributed by atoms with Crippen molar-refractivity contribution in [2.45, 2.75) is 11.8 Å². The molecule has 0 aliphatic heterocycles. The van der Waals surface area contributed by atoms with Gasteiger partial charge in [-0.1, -0.05) is 24.3 Å². The molecule has 0 fully saturated rings. The average Bonchev–Trinajstić information content (AvgIpc) is 2.26. The van der Waals surface area contributed by atoms with Crippen LogP contribution in [0.15, 0.2) is 35.2 Å². The minimum atomic E-state index is -4.65. The van der Waals surface area contributed by atoms with Crippen molar-refractivity contribution < 1.29 is 47.3 Å². The molecule has 0 saturated carbocycles. The Morgan fingerprint density at radius 3 is 2.37 bits per heavy atom. The van der Waals surface area contributed by atoms with E-state index in [1.807, 2.05) is 0 Å². The molecule has 0 atom stereocenters. The molecule has 0 spiro atoms. The minimum absolute atomic E-state index is 0. The summed E-state index contributed by atoms with van der Waals surface area (Å²) in [6.07, 6.45) is 0. The Labute approximate surface area is 132 Å². The number of benzene rings is 2. The fourth-order valence-electron chi connectivity index (χ4n) is 1.90. The number of hydrogen-bond acceptors (Lipinski definition) is 5. The van der Waals surface area contributed by atoms with Crippen LogP contribution in [-0.4, -0.2) is 18.8 Å². The molecule has 19 heavy (non-hydrogen) atoms. The number of anilines is 1. The van der Waals surface area contributed by atoms with Crippen LogP contribution in [-0.2, 0) is 10.1 Å². The Morgan fingerprint density at radius 1 is 1.21 bits per heavy atom. The summed E-state index contributed by atoms with van der Waals surface area (Å²) in [5, 5.41) is 0.925. The first-order valence-corrected chi connectivity index (χ1v) is 6.51. The van der Waals surface area contributed by atoms with E-state index in [9.17, 15) is 17.8 Å². The normalized spacial score (nSPS) is 11.1. The van der Waals surface area contributed by atoms with Gasteiger partial charge in [-0.15, -0.1) is 0 Å². The summed E-state index contributed by atoms with van der Waals surface area (Å²) in [5.74, 6) is -0.243. The van der Waals surface area contributed by atoms with E-state index in [0.717, 1.165) is 6.07 Å². The Morgan fingerprint density at radius 2 is 1.84 bits per heavy atom. The quantitative estimate of drug-likeness (QED) is 0.315. The molecule has 0 bridgehead atoms. The molecule has 7 heteroatoms. The number of fused-ring (bicyclic) bond motifs is 1. The van der Waals surface area contributed by atoms with Crippen molar-refractivity contribution in [3.8, 4) is 0 Å². The SMILES string of the molecule is CC(=O)c1cccc2ccc(S(=O)(=O)[O-])c(N)c12.[Na+]. The molecule has 2 N–H and O–H groups in total. The second-order valence-corrected chi connectivity index (χ2v) is 5.24. The molecule has 0 radical (unpaired) electrons. The topological polar surface area (TPSA) is 100 Å². The first-order chi connectivity index (χ1) is 8.32. The standard InChI is InChI=1S/C12H11NO4S.Na/c1-7(14)9-4-2-3-8-5-6-10(18(15,16)17)12(13)11(8)9;/h2-6H,13H2,1H3,(H,15,16,17);/q;+1/p-1. The molecule has 0 aliphatic rings. The van der Waals surface area contributed by atoms with Crippen molar-refractivity contribution in [1.29, 1.82) is 0 Å². The average molecular weight is 287 g/mol. The van der Waals surface area contributed by atoms with Crippen LogP contribution in [0.25, 0.3) is 10.8 Å². The summed E-state index contributed by atoms with van der Waals surface area (Å²) in [6.45, 7) is 1.35. The number of nitrogen functional groups attached to an aromatic ring is 1. The van der Waals surface area contributed by atoms with Crippen LogP contribution in [0.5, 0.6) is 0 Å². The van der Waals surface area contributed by atoms with Gasteiger partial charge in [-0.25, -0.2) is 8.42 Å². The summed E-state index contributed by atoms with van der Waals surface area (Å²) in [7, 11) is -4.65. The Balaban J connectivity index is 0.00000180. The number of carbonyl (C=O) groups is 1. The molecule has 5 nitrogen and oxygen atoms in total. The number of Topliss-reactive ketones (excluding diaryl/α,β-unsaturated/α-hetero) is 1. The van der Waals surface area contributed by atoms with E-state index in [4.69, 9.17) is 5.73 Å². The predicted octanol–water partition coefficient (Wildman–Crippen LogP) is -1.47. The van der Waals surface area contributed by atoms with Crippen LogP contribution >= 0.6 is 0 Å². The fourth-order valence-corrected chi connectivity index (χ4v) is 2.51. The maximum absolute atomic E-state index is 11.5. The van der Waals surface area contributed by atoms with Gasteiger partial charge in [0.1, 0.15) is 10.1 Å². The Kier molecular flexibility index (Phi) is 4.76. The maximum Gasteiger partial charge on any atom is 1.00 e. The van der Waals surface area contributed by atoms with Crippen molar-refractivity contribution in [2.75, 3.05) is 5.73 Å². The van der Waals surface area contributed by atoms with Crippen LogP contribution < -0.4 is 35.3 Å². The van der Waals surface area contributed by atoms with Gasteiger partial charge in [0.05, 0.1) is 10.6 Å². The maximum atomic E-state index is 11.5. The van der Waals surface area contributed by atoms with Gasteiger partial charge in [0.25, 0.3) is 0 Å². The molecular formula is C12H10NNaO4S. The van der Waals surface area contributed by atoms with Crippen molar-refractivity contribution in [3.63, 3.8) is 0 Å². The zero-order valence-electron chi connectivity index (χ0n) is 10.5. The molecule has 0 heterocycles. The second-order valence-electron chi connectivity index (χ2n) is 3.89. The van der Waals surface area contributed by atoms with Gasteiger partial charge in [0.2, 0.25) is 0 Å². The molecular weight excluding hydrogens is 277 g/mol. The molecule has 94 valence electrons. The number of hydrogen-bond donors (Lipinski definition) is 1. The third-order valence-electron chi connectivity index (χ3n) is 2.69. The monoisotopic (exact) mass is 287 g/mol. The smallest absolute Gasteiger partial charge is 0.744 e. The number of ketones is 1. The van der Waals surface area contributed by atoms with E-state index in [0.29, 0.717) is 16.3 Å². The van der Waals surface area contributed by atoms with Gasteiger partial charge >= 0.3 is 29.6 Å². The largest absolute Gasteiger partial charge is 1.00 e. The first-order valence-electron chi connectivity index (χ1n) is 5.10. The van der Waals surface area contributed by atoms with Crippen molar-refractivity contribution >= 4 is 32.4 Å². The summed E-state index contributed by atoms with van der Waals surface area (Å²) in [5.41, 5.74) is 5.84. The van der Waals surface area contributed by atoms with Crippen molar-refractivity contribution in [2.24, 2.45) is 0 Å². The molecule has 2 aromatic rings. The van der Waals surface area contributed by atoms with E-state index < -0.39 is 15.0 Å². The number of nitrogens with two attached hydrogens (primary N) is 1. The van der Waals surface area contributed by atoms with Gasteiger partial charge < -0.3 is 10.3 Å². The molecule has 0 aromatic heterocycles. The van der Waals surface area contributed by atoms with Gasteiger partial charge in [0.15, 0.2) is 5.78 Å². The summed E-state index contributed by atoms with van der Waals surface area (Å²) >= 11 is 0. The number of carbonyl (C=O) groups excluding carboxylic acids is 1. The summed E-state index contributed by atoms with van der Waals surface area (Å²) < 4.78 is 33.2. The van der Waals surface area contributed by atoms with Gasteiger partial charge in [-0.2, -0.15) is 0 Å². The molecule has 2 rings (SSSR count). The molecule has 2 aromatic carbocycles. The predicted molar refractivity (Wildman–Crippen MR) is 66.3 cm³/mol. The van der Waals surface area contributed by atoms with Crippen LogP contribution in [0.1, 0.15) is 17.3 Å². The fraction of sp³-hybridized carbons (Fsp3) is 0.0833. The molecule has 0 amide bonds. The Hall–Kier alpha value is -0.920. The molecule has 0 unspecified atom stereocenters. The van der Waals surface area contributed by atoms with E-state index in [1.165, 1.54) is 13.0 Å². The third kappa shape index (κ3) is 2.98. The second kappa shape index (κ2) is 5.60. The molecule has 0 aliphatic carbocycles. The van der Waals surface area contributed by atoms with Crippen LogP contribution in [0.4, 0.5) is 5.69 Å². The van der Waals surface area contributed by atoms with E-state index in [1.54, 1.807) is 18.2 Å². The van der Waals surface area contributed by atoms with E-state index in [2.05, 4.69) is 0 Å². The third-order valence-corrected chi connectivity index (χ3v) is 3.59. The van der Waals surface area contributed by atoms with E-state index >= 15 is 0 Å². The Bertz CT molecular complexity index is 756. The van der Waals surface area contributed by atoms with Crippen LogP contribution in [0.3, 0.4) is 0 Å². The van der Waals surface area contributed by atoms with Crippen LogP contribution in [0.2, 0.25) is 0 Å². The summed E-state index contributed by atoms with van der Waals surface area (Å²) in [4.78, 5) is 11.0.